The van der Waals surface area contributed by atoms with E-state index in [1.54, 1.807) is 4.90 Å². The van der Waals surface area contributed by atoms with E-state index in [0.29, 0.717) is 13.1 Å². The summed E-state index contributed by atoms with van der Waals surface area (Å²) in [6.45, 7) is 8.60. The number of fused-ring (bicyclic) bond motifs is 1. The smallest absolute Gasteiger partial charge is 0.410 e. The molecule has 0 fully saturated rings. The van der Waals surface area contributed by atoms with Gasteiger partial charge < -0.3 is 9.64 Å². The molecule has 1 aliphatic rings. The molecular formula is C24H30N2O3. The SMILES string of the molecule is CC1CCN(C(=O)OC(C)(C)C)CC(=O)N(Cc2ccccc2)c2ccccc21. The highest BCUT2D eigenvalue weighted by Gasteiger charge is 2.30. The second-order valence-corrected chi connectivity index (χ2v) is 8.62. The van der Waals surface area contributed by atoms with Gasteiger partial charge in [-0.15, -0.1) is 0 Å². The van der Waals surface area contributed by atoms with Gasteiger partial charge in [0.25, 0.3) is 0 Å². The van der Waals surface area contributed by atoms with Crippen molar-refractivity contribution in [3.63, 3.8) is 0 Å². The lowest BCUT2D eigenvalue weighted by Gasteiger charge is -2.29. The first-order valence-corrected chi connectivity index (χ1v) is 10.2. The van der Waals surface area contributed by atoms with Crippen molar-refractivity contribution in [2.75, 3.05) is 18.0 Å². The zero-order valence-electron chi connectivity index (χ0n) is 17.7. The van der Waals surface area contributed by atoms with Crippen molar-refractivity contribution in [1.29, 1.82) is 0 Å². The largest absolute Gasteiger partial charge is 0.444 e. The van der Waals surface area contributed by atoms with Gasteiger partial charge in [-0.3, -0.25) is 9.69 Å². The van der Waals surface area contributed by atoms with Crippen molar-refractivity contribution in [2.45, 2.75) is 52.2 Å². The summed E-state index contributed by atoms with van der Waals surface area (Å²) < 4.78 is 5.54. The van der Waals surface area contributed by atoms with Crippen LogP contribution in [-0.4, -0.2) is 35.6 Å². The number of amides is 2. The molecule has 0 saturated carbocycles. The van der Waals surface area contributed by atoms with E-state index < -0.39 is 11.7 Å². The number of ether oxygens (including phenoxy) is 1. The molecule has 0 radical (unpaired) electrons. The lowest BCUT2D eigenvalue weighted by molar-refractivity contribution is -0.119. The Bertz CT molecular complexity index is 858. The molecule has 3 rings (SSSR count). The van der Waals surface area contributed by atoms with Gasteiger partial charge in [0.15, 0.2) is 0 Å². The molecule has 0 aromatic heterocycles. The van der Waals surface area contributed by atoms with E-state index in [1.165, 1.54) is 4.90 Å². The third-order valence-electron chi connectivity index (χ3n) is 5.05. The average Bonchev–Trinajstić information content (AvgIpc) is 2.72. The van der Waals surface area contributed by atoms with E-state index in [1.807, 2.05) is 69.3 Å². The van der Waals surface area contributed by atoms with Gasteiger partial charge in [0.05, 0.1) is 6.54 Å². The summed E-state index contributed by atoms with van der Waals surface area (Å²) in [5.41, 5.74) is 2.49. The van der Waals surface area contributed by atoms with E-state index in [9.17, 15) is 9.59 Å². The Morgan fingerprint density at radius 1 is 1.07 bits per heavy atom. The minimum Gasteiger partial charge on any atom is -0.444 e. The van der Waals surface area contributed by atoms with Crippen LogP contribution < -0.4 is 4.90 Å². The molecule has 2 amide bonds. The molecule has 0 N–H and O–H groups in total. The maximum atomic E-state index is 13.4. The van der Waals surface area contributed by atoms with E-state index in [-0.39, 0.29) is 18.4 Å². The Morgan fingerprint density at radius 2 is 1.72 bits per heavy atom. The van der Waals surface area contributed by atoms with E-state index in [2.05, 4.69) is 13.0 Å². The summed E-state index contributed by atoms with van der Waals surface area (Å²) in [5.74, 6) is 0.0987. The van der Waals surface area contributed by atoms with Crippen molar-refractivity contribution >= 4 is 17.7 Å². The fourth-order valence-corrected chi connectivity index (χ4v) is 3.54. The molecule has 1 heterocycles. The van der Waals surface area contributed by atoms with Crippen molar-refractivity contribution in [1.82, 2.24) is 4.90 Å². The van der Waals surface area contributed by atoms with Crippen molar-refractivity contribution in [3.05, 3.63) is 65.7 Å². The maximum absolute atomic E-state index is 13.4. The summed E-state index contributed by atoms with van der Waals surface area (Å²) in [4.78, 5) is 29.4. The van der Waals surface area contributed by atoms with E-state index in [4.69, 9.17) is 4.74 Å². The Balaban J connectivity index is 1.95. The summed E-state index contributed by atoms with van der Waals surface area (Å²) >= 11 is 0. The third kappa shape index (κ3) is 5.37. The van der Waals surface area contributed by atoms with Gasteiger partial charge in [0.2, 0.25) is 5.91 Å². The monoisotopic (exact) mass is 394 g/mol. The van der Waals surface area contributed by atoms with Gasteiger partial charge >= 0.3 is 6.09 Å². The molecule has 2 aromatic carbocycles. The van der Waals surface area contributed by atoms with Crippen molar-refractivity contribution in [2.24, 2.45) is 0 Å². The first kappa shape index (κ1) is 20.9. The van der Waals surface area contributed by atoms with Crippen LogP contribution in [0.15, 0.2) is 54.6 Å². The lowest BCUT2D eigenvalue weighted by Crippen LogP contribution is -2.44. The number of hydrogen-bond donors (Lipinski definition) is 0. The molecule has 1 unspecified atom stereocenters. The predicted molar refractivity (Wildman–Crippen MR) is 115 cm³/mol. The number of para-hydroxylation sites is 1. The first-order chi connectivity index (χ1) is 13.7. The molecular weight excluding hydrogens is 364 g/mol. The van der Waals surface area contributed by atoms with Crippen LogP contribution in [0.4, 0.5) is 10.5 Å². The van der Waals surface area contributed by atoms with Crippen LogP contribution >= 0.6 is 0 Å². The summed E-state index contributed by atoms with van der Waals surface area (Å²) in [5, 5.41) is 0. The number of carbonyl (C=O) groups is 2. The molecule has 154 valence electrons. The van der Waals surface area contributed by atoms with Crippen LogP contribution in [0.3, 0.4) is 0 Å². The molecule has 2 aromatic rings. The number of benzene rings is 2. The number of rotatable bonds is 2. The topological polar surface area (TPSA) is 49.9 Å². The van der Waals surface area contributed by atoms with E-state index in [0.717, 1.165) is 23.2 Å². The second-order valence-electron chi connectivity index (χ2n) is 8.62. The highest BCUT2D eigenvalue weighted by molar-refractivity contribution is 5.97. The zero-order valence-corrected chi connectivity index (χ0v) is 17.7. The minimum absolute atomic E-state index is 0.00278. The lowest BCUT2D eigenvalue weighted by atomic mass is 9.95. The number of nitrogens with zero attached hydrogens (tertiary/aromatic N) is 2. The summed E-state index contributed by atoms with van der Waals surface area (Å²) in [6, 6.07) is 18.0. The van der Waals surface area contributed by atoms with Crippen LogP contribution in [0, 0.1) is 0 Å². The predicted octanol–water partition coefficient (Wildman–Crippen LogP) is 4.96. The molecule has 5 nitrogen and oxygen atoms in total. The standard InChI is InChI=1S/C24H30N2O3/c1-18-14-15-25(23(28)29-24(2,3)4)17-22(27)26(16-19-10-6-5-7-11-19)21-13-9-8-12-20(18)21/h5-13,18H,14-17H2,1-4H3. The van der Waals surface area contributed by atoms with Crippen LogP contribution in [0.1, 0.15) is 51.2 Å². The Kier molecular flexibility index (Phi) is 6.26. The quantitative estimate of drug-likeness (QED) is 0.723. The Hall–Kier alpha value is -2.82. The first-order valence-electron chi connectivity index (χ1n) is 10.2. The Labute approximate surface area is 173 Å². The molecule has 29 heavy (non-hydrogen) atoms. The average molecular weight is 395 g/mol. The van der Waals surface area contributed by atoms with Crippen LogP contribution in [0.5, 0.6) is 0 Å². The summed E-state index contributed by atoms with van der Waals surface area (Å²) in [6.07, 6.45) is 0.326. The molecule has 0 saturated heterocycles. The van der Waals surface area contributed by atoms with Crippen LogP contribution in [-0.2, 0) is 16.1 Å². The van der Waals surface area contributed by atoms with Crippen LogP contribution in [0.25, 0.3) is 0 Å². The van der Waals surface area contributed by atoms with Gasteiger partial charge in [0, 0.05) is 12.2 Å². The number of anilines is 1. The van der Waals surface area contributed by atoms with Gasteiger partial charge in [-0.05, 0) is 50.3 Å². The van der Waals surface area contributed by atoms with E-state index >= 15 is 0 Å². The Morgan fingerprint density at radius 3 is 2.41 bits per heavy atom. The highest BCUT2D eigenvalue weighted by Crippen LogP contribution is 2.32. The van der Waals surface area contributed by atoms with Gasteiger partial charge in [-0.1, -0.05) is 55.5 Å². The third-order valence-corrected chi connectivity index (χ3v) is 5.05. The highest BCUT2D eigenvalue weighted by atomic mass is 16.6. The van der Waals surface area contributed by atoms with Gasteiger partial charge in [-0.2, -0.15) is 0 Å². The normalized spacial score (nSPS) is 17.8. The fourth-order valence-electron chi connectivity index (χ4n) is 3.54. The molecule has 0 spiro atoms. The number of hydrogen-bond acceptors (Lipinski definition) is 3. The van der Waals surface area contributed by atoms with Gasteiger partial charge in [0.1, 0.15) is 12.1 Å². The molecule has 0 aliphatic carbocycles. The molecule has 5 heteroatoms. The van der Waals surface area contributed by atoms with Crippen LogP contribution in [0.2, 0.25) is 0 Å². The van der Waals surface area contributed by atoms with Gasteiger partial charge in [-0.25, -0.2) is 4.79 Å². The minimum atomic E-state index is -0.600. The fraction of sp³-hybridized carbons (Fsp3) is 0.417. The number of carbonyl (C=O) groups excluding carboxylic acids is 2. The summed E-state index contributed by atoms with van der Waals surface area (Å²) in [7, 11) is 0. The molecule has 1 atom stereocenters. The molecule has 0 bridgehead atoms. The zero-order chi connectivity index (χ0) is 21.0. The molecule has 1 aliphatic heterocycles. The maximum Gasteiger partial charge on any atom is 0.410 e. The second kappa shape index (κ2) is 8.68. The van der Waals surface area contributed by atoms with Crippen molar-refractivity contribution in [3.8, 4) is 0 Å². The van der Waals surface area contributed by atoms with Crippen molar-refractivity contribution < 1.29 is 14.3 Å².